The van der Waals surface area contributed by atoms with Gasteiger partial charge in [-0.25, -0.2) is 0 Å². The molecule has 1 rings (SSSR count). The maximum Gasteiger partial charge on any atom is 0.103 e. The average Bonchev–Trinajstić information content (AvgIpc) is 2.35. The first kappa shape index (κ1) is 16.1. The van der Waals surface area contributed by atoms with Crippen LogP contribution in [0.2, 0.25) is 0 Å². The van der Waals surface area contributed by atoms with Crippen LogP contribution in [0, 0.1) is 5.92 Å². The summed E-state index contributed by atoms with van der Waals surface area (Å²) in [6.45, 7) is 8.10. The predicted octanol–water partition coefficient (Wildman–Crippen LogP) is 2.43. The van der Waals surface area contributed by atoms with E-state index in [1.807, 2.05) is 12.1 Å². The molecule has 4 heteroatoms. The standard InChI is InChI=1S/C15H24N2OS/c1-12(2)10-17(7-8-18-3)11-13-5-4-6-14(9-13)15(16)19/h4-6,9,12H,7-8,10-11H2,1-3H3,(H2,16,19). The van der Waals surface area contributed by atoms with Crippen LogP contribution < -0.4 is 5.73 Å². The van der Waals surface area contributed by atoms with Crippen LogP contribution in [-0.2, 0) is 11.3 Å². The highest BCUT2D eigenvalue weighted by Crippen LogP contribution is 2.10. The van der Waals surface area contributed by atoms with Crippen LogP contribution in [0.15, 0.2) is 24.3 Å². The van der Waals surface area contributed by atoms with Gasteiger partial charge in [-0.2, -0.15) is 0 Å². The van der Waals surface area contributed by atoms with Crippen molar-refractivity contribution in [1.82, 2.24) is 4.90 Å². The van der Waals surface area contributed by atoms with Crippen molar-refractivity contribution in [2.24, 2.45) is 11.7 Å². The minimum Gasteiger partial charge on any atom is -0.389 e. The van der Waals surface area contributed by atoms with Gasteiger partial charge in [0.05, 0.1) is 6.61 Å². The van der Waals surface area contributed by atoms with Gasteiger partial charge >= 0.3 is 0 Å². The van der Waals surface area contributed by atoms with Crippen molar-refractivity contribution >= 4 is 17.2 Å². The summed E-state index contributed by atoms with van der Waals surface area (Å²) in [5, 5.41) is 0. The number of ether oxygens (including phenoxy) is 1. The third kappa shape index (κ3) is 6.14. The normalized spacial score (nSPS) is 11.2. The Morgan fingerprint density at radius 2 is 2.16 bits per heavy atom. The number of hydrogen-bond donors (Lipinski definition) is 1. The van der Waals surface area contributed by atoms with Crippen molar-refractivity contribution in [2.45, 2.75) is 20.4 Å². The topological polar surface area (TPSA) is 38.5 Å². The lowest BCUT2D eigenvalue weighted by Gasteiger charge is -2.24. The van der Waals surface area contributed by atoms with E-state index in [0.29, 0.717) is 10.9 Å². The molecule has 19 heavy (non-hydrogen) atoms. The first-order valence-electron chi connectivity index (χ1n) is 6.63. The van der Waals surface area contributed by atoms with Crippen LogP contribution in [0.3, 0.4) is 0 Å². The summed E-state index contributed by atoms with van der Waals surface area (Å²) < 4.78 is 5.17. The fourth-order valence-corrected chi connectivity index (χ4v) is 2.18. The zero-order valence-corrected chi connectivity index (χ0v) is 12.9. The highest BCUT2D eigenvalue weighted by molar-refractivity contribution is 7.80. The molecule has 106 valence electrons. The zero-order valence-electron chi connectivity index (χ0n) is 12.1. The fraction of sp³-hybridized carbons (Fsp3) is 0.533. The Labute approximate surface area is 121 Å². The second kappa shape index (κ2) is 8.25. The molecule has 0 fully saturated rings. The van der Waals surface area contributed by atoms with Gasteiger partial charge in [-0.3, -0.25) is 4.90 Å². The SMILES string of the molecule is COCCN(Cc1cccc(C(N)=S)c1)CC(C)C. The van der Waals surface area contributed by atoms with Crippen LogP contribution in [0.4, 0.5) is 0 Å². The molecule has 1 aromatic rings. The predicted molar refractivity (Wildman–Crippen MR) is 84.3 cm³/mol. The Balaban J connectivity index is 2.71. The Hall–Kier alpha value is -0.970. The number of methoxy groups -OCH3 is 1. The first-order chi connectivity index (χ1) is 9.02. The number of hydrogen-bond acceptors (Lipinski definition) is 3. The Morgan fingerprint density at radius 3 is 2.74 bits per heavy atom. The average molecular weight is 280 g/mol. The van der Waals surface area contributed by atoms with Crippen molar-refractivity contribution in [1.29, 1.82) is 0 Å². The molecule has 0 atom stereocenters. The van der Waals surface area contributed by atoms with Gasteiger partial charge in [0, 0.05) is 32.3 Å². The summed E-state index contributed by atoms with van der Waals surface area (Å²) in [5.41, 5.74) is 7.84. The van der Waals surface area contributed by atoms with Gasteiger partial charge in [-0.15, -0.1) is 0 Å². The smallest absolute Gasteiger partial charge is 0.103 e. The lowest BCUT2D eigenvalue weighted by molar-refractivity contribution is 0.136. The minimum atomic E-state index is 0.453. The van der Waals surface area contributed by atoms with Gasteiger partial charge in [0.15, 0.2) is 0 Å². The maximum absolute atomic E-state index is 5.67. The minimum absolute atomic E-state index is 0.453. The lowest BCUT2D eigenvalue weighted by Crippen LogP contribution is -2.30. The second-order valence-electron chi connectivity index (χ2n) is 5.19. The Kier molecular flexibility index (Phi) is 6.99. The van der Waals surface area contributed by atoms with Crippen LogP contribution in [-0.4, -0.2) is 36.7 Å². The van der Waals surface area contributed by atoms with E-state index in [1.54, 1.807) is 7.11 Å². The monoisotopic (exact) mass is 280 g/mol. The van der Waals surface area contributed by atoms with Crippen molar-refractivity contribution in [2.75, 3.05) is 26.8 Å². The molecule has 0 bridgehead atoms. The molecule has 0 radical (unpaired) electrons. The summed E-state index contributed by atoms with van der Waals surface area (Å²) in [5.74, 6) is 0.635. The first-order valence-corrected chi connectivity index (χ1v) is 7.03. The Bertz CT molecular complexity index is 407. The zero-order chi connectivity index (χ0) is 14.3. The summed E-state index contributed by atoms with van der Waals surface area (Å²) >= 11 is 5.02. The van der Waals surface area contributed by atoms with E-state index in [4.69, 9.17) is 22.7 Å². The second-order valence-corrected chi connectivity index (χ2v) is 5.63. The van der Waals surface area contributed by atoms with Crippen molar-refractivity contribution in [3.05, 3.63) is 35.4 Å². The molecule has 3 nitrogen and oxygen atoms in total. The summed E-state index contributed by atoms with van der Waals surface area (Å²) in [7, 11) is 1.74. The van der Waals surface area contributed by atoms with E-state index in [-0.39, 0.29) is 0 Å². The third-order valence-corrected chi connectivity index (χ3v) is 3.09. The summed E-state index contributed by atoms with van der Waals surface area (Å²) in [6, 6.07) is 8.14. The van der Waals surface area contributed by atoms with Crippen LogP contribution >= 0.6 is 12.2 Å². The Morgan fingerprint density at radius 1 is 1.42 bits per heavy atom. The number of thiocarbonyl (C=S) groups is 1. The molecule has 0 aliphatic carbocycles. The van der Waals surface area contributed by atoms with Gasteiger partial charge < -0.3 is 10.5 Å². The van der Waals surface area contributed by atoms with Gasteiger partial charge in [0.2, 0.25) is 0 Å². The largest absolute Gasteiger partial charge is 0.389 e. The molecule has 0 aromatic heterocycles. The number of nitrogens with two attached hydrogens (primary N) is 1. The van der Waals surface area contributed by atoms with E-state index in [2.05, 4.69) is 30.9 Å². The van der Waals surface area contributed by atoms with Gasteiger partial charge in [0.1, 0.15) is 4.99 Å². The highest BCUT2D eigenvalue weighted by Gasteiger charge is 2.08. The number of nitrogens with zero attached hydrogens (tertiary/aromatic N) is 1. The lowest BCUT2D eigenvalue weighted by atomic mass is 10.1. The van der Waals surface area contributed by atoms with E-state index >= 15 is 0 Å². The molecule has 0 amide bonds. The molecule has 2 N–H and O–H groups in total. The van der Waals surface area contributed by atoms with Crippen LogP contribution in [0.5, 0.6) is 0 Å². The van der Waals surface area contributed by atoms with Gasteiger partial charge in [-0.05, 0) is 17.5 Å². The molecule has 0 heterocycles. The van der Waals surface area contributed by atoms with Crippen molar-refractivity contribution in [3.63, 3.8) is 0 Å². The molecule has 0 saturated carbocycles. The number of benzene rings is 1. The maximum atomic E-state index is 5.67. The van der Waals surface area contributed by atoms with E-state index < -0.39 is 0 Å². The number of rotatable bonds is 8. The summed E-state index contributed by atoms with van der Waals surface area (Å²) in [4.78, 5) is 2.85. The molecule has 1 aromatic carbocycles. The van der Waals surface area contributed by atoms with Crippen molar-refractivity contribution < 1.29 is 4.74 Å². The van der Waals surface area contributed by atoms with Gasteiger partial charge in [0.25, 0.3) is 0 Å². The van der Waals surface area contributed by atoms with Crippen LogP contribution in [0.1, 0.15) is 25.0 Å². The molecular weight excluding hydrogens is 256 g/mol. The van der Waals surface area contributed by atoms with Crippen molar-refractivity contribution in [3.8, 4) is 0 Å². The van der Waals surface area contributed by atoms with E-state index in [9.17, 15) is 0 Å². The third-order valence-electron chi connectivity index (χ3n) is 2.85. The summed E-state index contributed by atoms with van der Waals surface area (Å²) in [6.07, 6.45) is 0. The fourth-order valence-electron chi connectivity index (χ4n) is 2.05. The van der Waals surface area contributed by atoms with E-state index in [0.717, 1.165) is 31.8 Å². The molecule has 0 aliphatic heterocycles. The molecule has 0 aliphatic rings. The van der Waals surface area contributed by atoms with E-state index in [1.165, 1.54) is 5.56 Å². The van der Waals surface area contributed by atoms with Crippen LogP contribution in [0.25, 0.3) is 0 Å². The highest BCUT2D eigenvalue weighted by atomic mass is 32.1. The molecule has 0 unspecified atom stereocenters. The molecular formula is C15H24N2OS. The van der Waals surface area contributed by atoms with Gasteiger partial charge in [-0.1, -0.05) is 44.3 Å². The molecule has 0 saturated heterocycles. The quantitative estimate of drug-likeness (QED) is 0.742. The molecule has 0 spiro atoms.